The number of hydrogen-bond acceptors (Lipinski definition) is 3. The summed E-state index contributed by atoms with van der Waals surface area (Å²) in [5, 5.41) is 0. The summed E-state index contributed by atoms with van der Waals surface area (Å²) in [5.41, 5.74) is 0. The number of rotatable bonds is 6. The Labute approximate surface area is 97.9 Å². The molecular formula is C12H23NO3. The summed E-state index contributed by atoms with van der Waals surface area (Å²) in [6.07, 6.45) is 3.91. The highest BCUT2D eigenvalue weighted by atomic mass is 16.5. The number of amides is 1. The third-order valence-corrected chi connectivity index (χ3v) is 3.12. The van der Waals surface area contributed by atoms with E-state index in [0.717, 1.165) is 32.5 Å². The Morgan fingerprint density at radius 3 is 2.75 bits per heavy atom. The maximum atomic E-state index is 11.8. The minimum atomic E-state index is 0.226. The van der Waals surface area contributed by atoms with Crippen LogP contribution in [0, 0.1) is 5.92 Å². The van der Waals surface area contributed by atoms with Gasteiger partial charge in [0.15, 0.2) is 0 Å². The Balaban J connectivity index is 2.28. The Bertz CT molecular complexity index is 208. The fourth-order valence-electron chi connectivity index (χ4n) is 2.16. The van der Waals surface area contributed by atoms with Crippen molar-refractivity contribution in [1.29, 1.82) is 0 Å². The summed E-state index contributed by atoms with van der Waals surface area (Å²) < 4.78 is 10.0. The van der Waals surface area contributed by atoms with Crippen LogP contribution in [-0.2, 0) is 14.3 Å². The second kappa shape index (κ2) is 7.63. The smallest absolute Gasteiger partial charge is 0.224 e. The highest BCUT2D eigenvalue weighted by Gasteiger charge is 2.22. The van der Waals surface area contributed by atoms with Crippen molar-refractivity contribution in [3.63, 3.8) is 0 Å². The highest BCUT2D eigenvalue weighted by molar-refractivity contribution is 5.76. The van der Waals surface area contributed by atoms with Crippen LogP contribution in [0.25, 0.3) is 0 Å². The first kappa shape index (κ1) is 13.5. The van der Waals surface area contributed by atoms with Crippen molar-refractivity contribution in [2.24, 2.45) is 5.92 Å². The molecule has 0 bridgehead atoms. The van der Waals surface area contributed by atoms with Crippen LogP contribution in [0.1, 0.15) is 25.7 Å². The van der Waals surface area contributed by atoms with Crippen molar-refractivity contribution in [3.8, 4) is 0 Å². The molecule has 0 aromatic carbocycles. The maximum absolute atomic E-state index is 11.8. The van der Waals surface area contributed by atoms with Gasteiger partial charge in [-0.3, -0.25) is 4.79 Å². The molecule has 1 amide bonds. The van der Waals surface area contributed by atoms with Crippen LogP contribution in [-0.4, -0.2) is 51.3 Å². The first-order valence-corrected chi connectivity index (χ1v) is 6.03. The van der Waals surface area contributed by atoms with E-state index in [-0.39, 0.29) is 5.91 Å². The van der Waals surface area contributed by atoms with Crippen LogP contribution in [0.15, 0.2) is 0 Å². The first-order valence-electron chi connectivity index (χ1n) is 6.03. The molecule has 94 valence electrons. The lowest BCUT2D eigenvalue weighted by Crippen LogP contribution is -2.40. The molecule has 1 rings (SSSR count). The largest absolute Gasteiger partial charge is 0.385 e. The molecule has 1 aliphatic heterocycles. The summed E-state index contributed by atoms with van der Waals surface area (Å²) in [5.74, 6) is 0.837. The van der Waals surface area contributed by atoms with Crippen molar-refractivity contribution in [1.82, 2.24) is 4.90 Å². The average molecular weight is 229 g/mol. The molecule has 0 N–H and O–H groups in total. The van der Waals surface area contributed by atoms with Gasteiger partial charge in [-0.05, 0) is 25.2 Å². The van der Waals surface area contributed by atoms with Gasteiger partial charge in [0.05, 0.1) is 13.0 Å². The van der Waals surface area contributed by atoms with Crippen LogP contribution in [0.2, 0.25) is 0 Å². The van der Waals surface area contributed by atoms with Crippen molar-refractivity contribution >= 4 is 5.91 Å². The van der Waals surface area contributed by atoms with Gasteiger partial charge in [-0.1, -0.05) is 0 Å². The quantitative estimate of drug-likeness (QED) is 0.689. The Morgan fingerprint density at radius 2 is 2.06 bits per heavy atom. The van der Waals surface area contributed by atoms with Crippen LogP contribution in [0.4, 0.5) is 0 Å². The minimum Gasteiger partial charge on any atom is -0.385 e. The zero-order valence-corrected chi connectivity index (χ0v) is 10.4. The van der Waals surface area contributed by atoms with Gasteiger partial charge in [0.2, 0.25) is 5.91 Å². The number of hydrogen-bond donors (Lipinski definition) is 0. The molecule has 1 atom stereocenters. The number of ether oxygens (including phenoxy) is 2. The van der Waals surface area contributed by atoms with Gasteiger partial charge in [0.1, 0.15) is 0 Å². The van der Waals surface area contributed by atoms with E-state index < -0.39 is 0 Å². The molecule has 0 aromatic rings. The number of carbonyl (C=O) groups excluding carboxylic acids is 1. The summed E-state index contributed by atoms with van der Waals surface area (Å²) in [7, 11) is 3.36. The summed E-state index contributed by atoms with van der Waals surface area (Å²) in [6.45, 7) is 3.13. The molecular weight excluding hydrogens is 206 g/mol. The van der Waals surface area contributed by atoms with Crippen molar-refractivity contribution in [2.75, 3.05) is 40.5 Å². The van der Waals surface area contributed by atoms with Crippen LogP contribution < -0.4 is 0 Å². The second-order valence-corrected chi connectivity index (χ2v) is 4.37. The third kappa shape index (κ3) is 4.49. The zero-order chi connectivity index (χ0) is 11.8. The van der Waals surface area contributed by atoms with Crippen molar-refractivity contribution in [3.05, 3.63) is 0 Å². The Hall–Kier alpha value is -0.610. The molecule has 0 unspecified atom stereocenters. The predicted octanol–water partition coefficient (Wildman–Crippen LogP) is 1.30. The summed E-state index contributed by atoms with van der Waals surface area (Å²) in [6, 6.07) is 0. The molecule has 4 heteroatoms. The van der Waals surface area contributed by atoms with E-state index in [1.54, 1.807) is 14.2 Å². The number of likely N-dealkylation sites (tertiary alicyclic amines) is 1. The van der Waals surface area contributed by atoms with Gasteiger partial charge < -0.3 is 14.4 Å². The van der Waals surface area contributed by atoms with E-state index in [0.29, 0.717) is 18.9 Å². The lowest BCUT2D eigenvalue weighted by Gasteiger charge is -2.32. The Morgan fingerprint density at radius 1 is 1.31 bits per heavy atom. The standard InChI is InChI=1S/C12H23NO3/c1-15-8-5-11-4-3-7-13(10-11)12(14)6-9-16-2/h11H,3-10H2,1-2H3/t11-/m0/s1. The molecule has 0 spiro atoms. The van der Waals surface area contributed by atoms with Gasteiger partial charge in [-0.2, -0.15) is 0 Å². The lowest BCUT2D eigenvalue weighted by molar-refractivity contribution is -0.134. The number of nitrogens with zero attached hydrogens (tertiary/aromatic N) is 1. The predicted molar refractivity (Wildman–Crippen MR) is 62.3 cm³/mol. The van der Waals surface area contributed by atoms with Crippen LogP contribution >= 0.6 is 0 Å². The highest BCUT2D eigenvalue weighted by Crippen LogP contribution is 2.20. The minimum absolute atomic E-state index is 0.226. The zero-order valence-electron chi connectivity index (χ0n) is 10.4. The van der Waals surface area contributed by atoms with Gasteiger partial charge in [0.25, 0.3) is 0 Å². The maximum Gasteiger partial charge on any atom is 0.224 e. The molecule has 4 nitrogen and oxygen atoms in total. The summed E-state index contributed by atoms with van der Waals surface area (Å²) in [4.78, 5) is 13.8. The number of carbonyl (C=O) groups is 1. The van der Waals surface area contributed by atoms with Crippen LogP contribution in [0.5, 0.6) is 0 Å². The topological polar surface area (TPSA) is 38.8 Å². The molecule has 0 radical (unpaired) electrons. The monoisotopic (exact) mass is 229 g/mol. The number of piperidine rings is 1. The fraction of sp³-hybridized carbons (Fsp3) is 0.917. The van der Waals surface area contributed by atoms with E-state index in [1.165, 1.54) is 6.42 Å². The van der Waals surface area contributed by atoms with E-state index in [1.807, 2.05) is 4.90 Å². The van der Waals surface area contributed by atoms with Crippen LogP contribution in [0.3, 0.4) is 0 Å². The third-order valence-electron chi connectivity index (χ3n) is 3.12. The lowest BCUT2D eigenvalue weighted by atomic mass is 9.95. The molecule has 1 saturated heterocycles. The molecule has 1 heterocycles. The van der Waals surface area contributed by atoms with Crippen molar-refractivity contribution < 1.29 is 14.3 Å². The normalized spacial score (nSPS) is 21.1. The summed E-state index contributed by atoms with van der Waals surface area (Å²) >= 11 is 0. The van der Waals surface area contributed by atoms with E-state index in [4.69, 9.17) is 9.47 Å². The van der Waals surface area contributed by atoms with Gasteiger partial charge in [0, 0.05) is 33.9 Å². The van der Waals surface area contributed by atoms with E-state index in [2.05, 4.69) is 0 Å². The average Bonchev–Trinajstić information content (AvgIpc) is 2.33. The number of methoxy groups -OCH3 is 2. The van der Waals surface area contributed by atoms with E-state index in [9.17, 15) is 4.79 Å². The molecule has 0 saturated carbocycles. The second-order valence-electron chi connectivity index (χ2n) is 4.37. The SMILES string of the molecule is COCCC(=O)N1CCC[C@@H](CCOC)C1. The molecule has 0 aliphatic carbocycles. The molecule has 1 fully saturated rings. The first-order chi connectivity index (χ1) is 7.77. The van der Waals surface area contributed by atoms with E-state index >= 15 is 0 Å². The van der Waals surface area contributed by atoms with Gasteiger partial charge >= 0.3 is 0 Å². The van der Waals surface area contributed by atoms with Gasteiger partial charge in [-0.25, -0.2) is 0 Å². The molecule has 16 heavy (non-hydrogen) atoms. The Kier molecular flexibility index (Phi) is 6.42. The van der Waals surface area contributed by atoms with Gasteiger partial charge in [-0.15, -0.1) is 0 Å². The van der Waals surface area contributed by atoms with Crippen molar-refractivity contribution in [2.45, 2.75) is 25.7 Å². The fourth-order valence-corrected chi connectivity index (χ4v) is 2.16. The molecule has 1 aliphatic rings. The molecule has 0 aromatic heterocycles.